The monoisotopic (exact) mass is 261 g/mol. The Morgan fingerprint density at radius 1 is 1.53 bits per heavy atom. The smallest absolute Gasteiger partial charge is 0.0951 e. The molecule has 2 aliphatic rings. The van der Waals surface area contributed by atoms with Crippen LogP contribution in [0.3, 0.4) is 0 Å². The molecule has 100 valence electrons. The molecule has 0 radical (unpaired) electrons. The minimum absolute atomic E-state index is 0.0372. The van der Waals surface area contributed by atoms with E-state index >= 15 is 0 Å². The van der Waals surface area contributed by atoms with Gasteiger partial charge in [-0.2, -0.15) is 0 Å². The van der Waals surface area contributed by atoms with E-state index in [1.165, 1.54) is 0 Å². The molecule has 4 atom stereocenters. The number of hydrogen-bond acceptors (Lipinski definition) is 4. The topological polar surface area (TPSA) is 47.6 Å². The second-order valence-corrected chi connectivity index (χ2v) is 7.04. The van der Waals surface area contributed by atoms with E-state index < -0.39 is 10.8 Å². The van der Waals surface area contributed by atoms with Crippen molar-refractivity contribution in [2.45, 2.75) is 43.1 Å². The van der Waals surface area contributed by atoms with Gasteiger partial charge in [0.1, 0.15) is 0 Å². The van der Waals surface area contributed by atoms with E-state index in [0.29, 0.717) is 6.04 Å². The summed E-state index contributed by atoms with van der Waals surface area (Å²) in [6.45, 7) is 5.22. The van der Waals surface area contributed by atoms with E-state index in [0.717, 1.165) is 45.6 Å². The van der Waals surface area contributed by atoms with Crippen molar-refractivity contribution in [2.75, 3.05) is 32.6 Å². The van der Waals surface area contributed by atoms with Crippen molar-refractivity contribution in [3.8, 4) is 0 Å². The molecule has 0 aromatic heterocycles. The Bertz CT molecular complexity index is 279. The molecule has 2 saturated heterocycles. The highest BCUT2D eigenvalue weighted by Gasteiger charge is 2.40. The van der Waals surface area contributed by atoms with Gasteiger partial charge in [-0.25, -0.2) is 0 Å². The van der Waals surface area contributed by atoms with Gasteiger partial charge < -0.3 is 14.8 Å². The summed E-state index contributed by atoms with van der Waals surface area (Å²) in [5.74, 6) is 0. The molecule has 0 amide bonds. The Balaban J connectivity index is 1.79. The standard InChI is InChI=1S/C12H23NO3S/c1-10(17(2)14)8-13-11-3-5-16-12(7-11)4-6-15-9-12/h10-11,13H,3-9H2,1-2H3. The highest BCUT2D eigenvalue weighted by atomic mass is 32.2. The summed E-state index contributed by atoms with van der Waals surface area (Å²) in [5, 5.41) is 3.74. The van der Waals surface area contributed by atoms with Crippen LogP contribution in [0, 0.1) is 0 Å². The van der Waals surface area contributed by atoms with Gasteiger partial charge in [-0.3, -0.25) is 4.21 Å². The van der Waals surface area contributed by atoms with Gasteiger partial charge in [-0.1, -0.05) is 0 Å². The summed E-state index contributed by atoms with van der Waals surface area (Å²) in [5.41, 5.74) is -0.0372. The molecule has 2 aliphatic heterocycles. The molecule has 2 rings (SSSR count). The third-order valence-electron chi connectivity index (χ3n) is 3.82. The SMILES string of the molecule is CC(CNC1CCOC2(CCOC2)C1)S(C)=O. The summed E-state index contributed by atoms with van der Waals surface area (Å²) in [7, 11) is -0.744. The average Bonchev–Trinajstić information content (AvgIpc) is 2.74. The predicted octanol–water partition coefficient (Wildman–Crippen LogP) is 0.681. The first-order chi connectivity index (χ1) is 8.11. The molecule has 17 heavy (non-hydrogen) atoms. The van der Waals surface area contributed by atoms with Crippen LogP contribution in [0.15, 0.2) is 0 Å². The van der Waals surface area contributed by atoms with Gasteiger partial charge in [-0.15, -0.1) is 0 Å². The lowest BCUT2D eigenvalue weighted by Gasteiger charge is -2.37. The lowest BCUT2D eigenvalue weighted by molar-refractivity contribution is -0.0891. The third kappa shape index (κ3) is 3.50. The van der Waals surface area contributed by atoms with Crippen molar-refractivity contribution >= 4 is 10.8 Å². The normalized spacial score (nSPS) is 37.2. The van der Waals surface area contributed by atoms with Crippen molar-refractivity contribution in [3.05, 3.63) is 0 Å². The molecule has 0 bridgehead atoms. The Kier molecular flexibility index (Phi) is 4.58. The minimum Gasteiger partial charge on any atom is -0.378 e. The Hall–Kier alpha value is 0.0300. The maximum atomic E-state index is 11.3. The van der Waals surface area contributed by atoms with Crippen LogP contribution in [0.5, 0.6) is 0 Å². The lowest BCUT2D eigenvalue weighted by atomic mass is 9.89. The maximum absolute atomic E-state index is 11.3. The van der Waals surface area contributed by atoms with Gasteiger partial charge in [-0.05, 0) is 19.8 Å². The van der Waals surface area contributed by atoms with Gasteiger partial charge >= 0.3 is 0 Å². The maximum Gasteiger partial charge on any atom is 0.0951 e. The Labute approximate surface area is 106 Å². The molecule has 1 N–H and O–H groups in total. The molecule has 5 heteroatoms. The van der Waals surface area contributed by atoms with Gasteiger partial charge in [0.15, 0.2) is 0 Å². The highest BCUT2D eigenvalue weighted by molar-refractivity contribution is 7.84. The van der Waals surface area contributed by atoms with E-state index in [9.17, 15) is 4.21 Å². The van der Waals surface area contributed by atoms with Gasteiger partial charge in [0.05, 0.1) is 12.2 Å². The number of rotatable bonds is 4. The summed E-state index contributed by atoms with van der Waals surface area (Å²) >= 11 is 0. The molecule has 0 aromatic rings. The Morgan fingerprint density at radius 3 is 3.00 bits per heavy atom. The van der Waals surface area contributed by atoms with Crippen molar-refractivity contribution in [3.63, 3.8) is 0 Å². The van der Waals surface area contributed by atoms with Crippen LogP contribution in [0.4, 0.5) is 0 Å². The number of hydrogen-bond donors (Lipinski definition) is 1. The van der Waals surface area contributed by atoms with Crippen LogP contribution in [0.1, 0.15) is 26.2 Å². The van der Waals surface area contributed by atoms with Crippen molar-refractivity contribution in [1.29, 1.82) is 0 Å². The van der Waals surface area contributed by atoms with Crippen LogP contribution < -0.4 is 5.32 Å². The summed E-state index contributed by atoms with van der Waals surface area (Å²) in [6.07, 6.45) is 4.85. The molecule has 0 saturated carbocycles. The van der Waals surface area contributed by atoms with E-state index in [4.69, 9.17) is 9.47 Å². The molecule has 4 unspecified atom stereocenters. The van der Waals surface area contributed by atoms with Gasteiger partial charge in [0, 0.05) is 54.5 Å². The van der Waals surface area contributed by atoms with E-state index in [1.54, 1.807) is 6.26 Å². The first-order valence-electron chi connectivity index (χ1n) is 6.39. The minimum atomic E-state index is -0.744. The fourth-order valence-corrected chi connectivity index (χ4v) is 2.85. The second kappa shape index (κ2) is 5.78. The Morgan fingerprint density at radius 2 is 2.35 bits per heavy atom. The van der Waals surface area contributed by atoms with Crippen LogP contribution in [-0.4, -0.2) is 53.7 Å². The summed E-state index contributed by atoms with van der Waals surface area (Å²) in [6, 6.07) is 0.483. The van der Waals surface area contributed by atoms with Crippen LogP contribution in [-0.2, 0) is 20.3 Å². The molecule has 1 spiro atoms. The van der Waals surface area contributed by atoms with Crippen molar-refractivity contribution in [1.82, 2.24) is 5.32 Å². The fraction of sp³-hybridized carbons (Fsp3) is 1.00. The number of nitrogens with one attached hydrogen (secondary N) is 1. The van der Waals surface area contributed by atoms with Crippen molar-refractivity contribution in [2.24, 2.45) is 0 Å². The summed E-state index contributed by atoms with van der Waals surface area (Å²) in [4.78, 5) is 0. The van der Waals surface area contributed by atoms with Crippen molar-refractivity contribution < 1.29 is 13.7 Å². The second-order valence-electron chi connectivity index (χ2n) is 5.24. The first kappa shape index (κ1) is 13.5. The third-order valence-corrected chi connectivity index (χ3v) is 5.12. The van der Waals surface area contributed by atoms with Crippen LogP contribution in [0.25, 0.3) is 0 Å². The summed E-state index contributed by atoms with van der Waals surface area (Å²) < 4.78 is 22.6. The van der Waals surface area contributed by atoms with E-state index in [2.05, 4.69) is 5.32 Å². The zero-order chi connectivity index (χ0) is 12.3. The van der Waals surface area contributed by atoms with Crippen LogP contribution >= 0.6 is 0 Å². The largest absolute Gasteiger partial charge is 0.378 e. The molecule has 2 heterocycles. The van der Waals surface area contributed by atoms with Gasteiger partial charge in [0.2, 0.25) is 0 Å². The van der Waals surface area contributed by atoms with Gasteiger partial charge in [0.25, 0.3) is 0 Å². The molecule has 0 aromatic carbocycles. The molecule has 0 aliphatic carbocycles. The lowest BCUT2D eigenvalue weighted by Crippen LogP contribution is -2.48. The van der Waals surface area contributed by atoms with Crippen LogP contribution in [0.2, 0.25) is 0 Å². The molecule has 4 nitrogen and oxygen atoms in total. The predicted molar refractivity (Wildman–Crippen MR) is 68.7 cm³/mol. The van der Waals surface area contributed by atoms with E-state index in [1.807, 2.05) is 6.92 Å². The quantitative estimate of drug-likeness (QED) is 0.808. The first-order valence-corrected chi connectivity index (χ1v) is 8.01. The zero-order valence-electron chi connectivity index (χ0n) is 10.7. The van der Waals surface area contributed by atoms with E-state index in [-0.39, 0.29) is 10.9 Å². The zero-order valence-corrected chi connectivity index (χ0v) is 11.6. The molecule has 2 fully saturated rings. The average molecular weight is 261 g/mol. The molecular formula is C12H23NO3S. The number of ether oxygens (including phenoxy) is 2. The fourth-order valence-electron chi connectivity index (χ4n) is 2.52. The highest BCUT2D eigenvalue weighted by Crippen LogP contribution is 2.32. The molecular weight excluding hydrogens is 238 g/mol.